The number of pyridine rings is 4. The summed E-state index contributed by atoms with van der Waals surface area (Å²) in [6.45, 7) is 3.23. The Labute approximate surface area is 213 Å². The number of nitrogens with one attached hydrogen (secondary N) is 2. The quantitative estimate of drug-likeness (QED) is 0.352. The number of hydrogen-bond acceptors (Lipinski definition) is 7. The van der Waals surface area contributed by atoms with E-state index in [-0.39, 0.29) is 0 Å². The van der Waals surface area contributed by atoms with Gasteiger partial charge in [0.05, 0.1) is 22.9 Å². The van der Waals surface area contributed by atoms with Crippen molar-refractivity contribution in [1.29, 1.82) is 0 Å². The Morgan fingerprint density at radius 1 is 0.784 bits per heavy atom. The first-order valence-corrected chi connectivity index (χ1v) is 12.6. The first-order chi connectivity index (χ1) is 18.3. The van der Waals surface area contributed by atoms with Crippen molar-refractivity contribution in [2.75, 3.05) is 13.1 Å². The molecule has 182 valence electrons. The molecule has 6 aromatic heterocycles. The monoisotopic (exact) mass is 487 g/mol. The minimum Gasteiger partial charge on any atom is -0.335 e. The van der Waals surface area contributed by atoms with Gasteiger partial charge in [-0.3, -0.25) is 25.0 Å². The number of piperidine rings is 1. The second-order valence-corrected chi connectivity index (χ2v) is 9.49. The summed E-state index contributed by atoms with van der Waals surface area (Å²) in [4.78, 5) is 28.9. The van der Waals surface area contributed by atoms with Crippen LogP contribution in [0.4, 0.5) is 0 Å². The number of aromatic nitrogens is 8. The number of likely N-dealkylation sites (tertiary alicyclic amines) is 1. The highest BCUT2D eigenvalue weighted by Crippen LogP contribution is 2.31. The van der Waals surface area contributed by atoms with E-state index >= 15 is 0 Å². The average Bonchev–Trinajstić information content (AvgIpc) is 3.58. The first kappa shape index (κ1) is 21.8. The molecule has 37 heavy (non-hydrogen) atoms. The lowest BCUT2D eigenvalue weighted by Crippen LogP contribution is -2.29. The molecule has 0 aliphatic carbocycles. The molecule has 9 heteroatoms. The molecule has 0 radical (unpaired) electrons. The summed E-state index contributed by atoms with van der Waals surface area (Å²) in [6.07, 6.45) is 14.9. The van der Waals surface area contributed by atoms with Crippen molar-refractivity contribution >= 4 is 22.1 Å². The third kappa shape index (κ3) is 4.13. The molecule has 0 amide bonds. The van der Waals surface area contributed by atoms with Gasteiger partial charge in [-0.1, -0.05) is 12.5 Å². The molecule has 2 N–H and O–H groups in total. The zero-order chi connectivity index (χ0) is 24.6. The van der Waals surface area contributed by atoms with Gasteiger partial charge in [-0.25, -0.2) is 9.97 Å². The van der Waals surface area contributed by atoms with Crippen LogP contribution in [0.5, 0.6) is 0 Å². The van der Waals surface area contributed by atoms with Crippen molar-refractivity contribution in [3.05, 3.63) is 73.1 Å². The van der Waals surface area contributed by atoms with Crippen LogP contribution in [-0.4, -0.2) is 58.1 Å². The van der Waals surface area contributed by atoms with E-state index in [0.717, 1.165) is 64.1 Å². The summed E-state index contributed by atoms with van der Waals surface area (Å²) in [7, 11) is 0. The summed E-state index contributed by atoms with van der Waals surface area (Å²) in [6, 6.07) is 10.1. The maximum Gasteiger partial charge on any atom is 0.161 e. The van der Waals surface area contributed by atoms with Gasteiger partial charge in [0.1, 0.15) is 11.0 Å². The van der Waals surface area contributed by atoms with Gasteiger partial charge in [-0.05, 0) is 55.8 Å². The van der Waals surface area contributed by atoms with Crippen LogP contribution in [0, 0.1) is 0 Å². The average molecular weight is 488 g/mol. The van der Waals surface area contributed by atoms with Gasteiger partial charge < -0.3 is 4.98 Å². The number of rotatable bonds is 5. The van der Waals surface area contributed by atoms with Crippen LogP contribution in [0.3, 0.4) is 0 Å². The molecule has 7 rings (SSSR count). The lowest BCUT2D eigenvalue weighted by atomic mass is 10.1. The standard InChI is InChI=1S/C28H25N9/c1-2-9-37(10-3-1)17-18-11-20(14-30-12-18)22-6-7-23-26(32-22)27(36-35-23)28-33-24-16-31-15-21(25(24)34-28)19-5-4-8-29-13-19/h4-8,11-16H,1-3,9-10,17H2,(H,33,34)(H,35,36). The van der Waals surface area contributed by atoms with Crippen molar-refractivity contribution in [1.82, 2.24) is 45.0 Å². The minimum absolute atomic E-state index is 0.640. The topological polar surface area (TPSA) is 112 Å². The van der Waals surface area contributed by atoms with Gasteiger partial charge in [-0.15, -0.1) is 0 Å². The lowest BCUT2D eigenvalue weighted by molar-refractivity contribution is 0.220. The van der Waals surface area contributed by atoms with Crippen LogP contribution in [0.15, 0.2) is 67.5 Å². The van der Waals surface area contributed by atoms with Crippen LogP contribution in [0.1, 0.15) is 24.8 Å². The van der Waals surface area contributed by atoms with Crippen LogP contribution < -0.4 is 0 Å². The molecule has 1 fully saturated rings. The van der Waals surface area contributed by atoms with Gasteiger partial charge in [-0.2, -0.15) is 5.10 Å². The third-order valence-electron chi connectivity index (χ3n) is 6.94. The van der Waals surface area contributed by atoms with E-state index in [1.165, 1.54) is 24.8 Å². The molecule has 9 nitrogen and oxygen atoms in total. The predicted octanol–water partition coefficient (Wildman–Crippen LogP) is 5.01. The molecular weight excluding hydrogens is 462 g/mol. The van der Waals surface area contributed by atoms with Crippen LogP contribution in [-0.2, 0) is 6.54 Å². The number of nitrogens with zero attached hydrogens (tertiary/aromatic N) is 7. The van der Waals surface area contributed by atoms with Crippen molar-refractivity contribution in [2.24, 2.45) is 0 Å². The van der Waals surface area contributed by atoms with E-state index in [4.69, 9.17) is 9.97 Å². The Morgan fingerprint density at radius 3 is 2.57 bits per heavy atom. The molecule has 0 saturated carbocycles. The predicted molar refractivity (Wildman–Crippen MR) is 142 cm³/mol. The fourth-order valence-electron chi connectivity index (χ4n) is 5.09. The van der Waals surface area contributed by atoms with Gasteiger partial charge in [0.2, 0.25) is 0 Å². The number of aromatic amines is 2. The van der Waals surface area contributed by atoms with Gasteiger partial charge in [0.15, 0.2) is 11.5 Å². The maximum atomic E-state index is 4.99. The summed E-state index contributed by atoms with van der Waals surface area (Å²) in [5, 5.41) is 7.66. The smallest absolute Gasteiger partial charge is 0.161 e. The fraction of sp³-hybridized carbons (Fsp3) is 0.214. The van der Waals surface area contributed by atoms with Crippen molar-refractivity contribution in [2.45, 2.75) is 25.8 Å². The van der Waals surface area contributed by atoms with Crippen LogP contribution >= 0.6 is 0 Å². The molecule has 0 atom stereocenters. The zero-order valence-corrected chi connectivity index (χ0v) is 20.2. The van der Waals surface area contributed by atoms with E-state index in [0.29, 0.717) is 11.5 Å². The second kappa shape index (κ2) is 9.18. The van der Waals surface area contributed by atoms with Gasteiger partial charge in [0, 0.05) is 54.2 Å². The van der Waals surface area contributed by atoms with Crippen molar-refractivity contribution in [3.63, 3.8) is 0 Å². The Morgan fingerprint density at radius 2 is 1.68 bits per heavy atom. The van der Waals surface area contributed by atoms with E-state index in [1.807, 2.05) is 49.1 Å². The maximum absolute atomic E-state index is 4.99. The molecule has 1 aliphatic heterocycles. The number of imidazole rings is 1. The summed E-state index contributed by atoms with van der Waals surface area (Å²) >= 11 is 0. The second-order valence-electron chi connectivity index (χ2n) is 9.49. The molecule has 0 spiro atoms. The molecule has 6 aromatic rings. The normalized spacial score (nSPS) is 14.5. The Hall–Kier alpha value is -4.50. The zero-order valence-electron chi connectivity index (χ0n) is 20.2. The third-order valence-corrected chi connectivity index (χ3v) is 6.94. The largest absolute Gasteiger partial charge is 0.335 e. The van der Waals surface area contributed by atoms with Crippen LogP contribution in [0.25, 0.3) is 56.0 Å². The summed E-state index contributed by atoms with van der Waals surface area (Å²) in [5.41, 5.74) is 8.87. The van der Waals surface area contributed by atoms with E-state index in [9.17, 15) is 0 Å². The number of fused-ring (bicyclic) bond motifs is 2. The van der Waals surface area contributed by atoms with E-state index in [1.54, 1.807) is 12.4 Å². The highest BCUT2D eigenvalue weighted by Gasteiger charge is 2.18. The van der Waals surface area contributed by atoms with Gasteiger partial charge >= 0.3 is 0 Å². The first-order valence-electron chi connectivity index (χ1n) is 12.6. The molecule has 0 unspecified atom stereocenters. The lowest BCUT2D eigenvalue weighted by Gasteiger charge is -2.26. The molecule has 7 heterocycles. The van der Waals surface area contributed by atoms with Crippen LogP contribution in [0.2, 0.25) is 0 Å². The minimum atomic E-state index is 0.640. The van der Waals surface area contributed by atoms with E-state index < -0.39 is 0 Å². The molecule has 0 bridgehead atoms. The Balaban J connectivity index is 1.26. The van der Waals surface area contributed by atoms with E-state index in [2.05, 4.69) is 41.1 Å². The molecule has 1 saturated heterocycles. The number of hydrogen-bond donors (Lipinski definition) is 2. The Kier molecular flexibility index (Phi) is 5.40. The summed E-state index contributed by atoms with van der Waals surface area (Å²) < 4.78 is 0. The fourth-order valence-corrected chi connectivity index (χ4v) is 5.09. The van der Waals surface area contributed by atoms with Gasteiger partial charge in [0.25, 0.3) is 0 Å². The highest BCUT2D eigenvalue weighted by atomic mass is 15.2. The van der Waals surface area contributed by atoms with Crippen molar-refractivity contribution in [3.8, 4) is 33.9 Å². The molecule has 1 aliphatic rings. The Bertz CT molecular complexity index is 1700. The molecule has 0 aromatic carbocycles. The number of H-pyrrole nitrogens is 2. The summed E-state index contributed by atoms with van der Waals surface area (Å²) in [5.74, 6) is 0.640. The van der Waals surface area contributed by atoms with Crippen molar-refractivity contribution < 1.29 is 0 Å². The SMILES string of the molecule is c1cncc(-c2cncc3[nH]c(-c4n[nH]c5ccc(-c6cncc(CN7CCCCC7)c6)nc45)nc23)c1. The molecular formula is C28H25N9. The highest BCUT2D eigenvalue weighted by molar-refractivity contribution is 5.95.